The predicted octanol–water partition coefficient (Wildman–Crippen LogP) is 4.33. The van der Waals surface area contributed by atoms with E-state index in [1.807, 2.05) is 12.1 Å². The van der Waals surface area contributed by atoms with Gasteiger partial charge in [0.15, 0.2) is 0 Å². The first-order valence-electron chi connectivity index (χ1n) is 7.10. The van der Waals surface area contributed by atoms with Gasteiger partial charge >= 0.3 is 0 Å². The summed E-state index contributed by atoms with van der Waals surface area (Å²) in [6, 6.07) is 12.4. The Kier molecular flexibility index (Phi) is 5.57. The lowest BCUT2D eigenvalue weighted by atomic mass is 9.98. The van der Waals surface area contributed by atoms with Crippen LogP contribution in [-0.2, 0) is 6.42 Å². The van der Waals surface area contributed by atoms with E-state index >= 15 is 0 Å². The van der Waals surface area contributed by atoms with Crippen molar-refractivity contribution in [2.24, 2.45) is 0 Å². The van der Waals surface area contributed by atoms with Crippen LogP contribution in [0.25, 0.3) is 0 Å². The van der Waals surface area contributed by atoms with Crippen molar-refractivity contribution >= 4 is 11.6 Å². The van der Waals surface area contributed by atoms with Crippen molar-refractivity contribution in [1.29, 1.82) is 0 Å². The maximum absolute atomic E-state index is 6.30. The van der Waals surface area contributed by atoms with Gasteiger partial charge in [0.1, 0.15) is 0 Å². The molecule has 1 N–H and O–H groups in total. The number of hydrogen-bond donors (Lipinski definition) is 1. The number of nitrogens with one attached hydrogen (secondary N) is 1. The second kappa shape index (κ2) is 7.41. The normalized spacial score (nSPS) is 12.3. The lowest BCUT2D eigenvalue weighted by molar-refractivity contribution is 0.517. The highest BCUT2D eigenvalue weighted by atomic mass is 35.5. The molecule has 0 aliphatic rings. The van der Waals surface area contributed by atoms with Crippen molar-refractivity contribution in [3.8, 4) is 0 Å². The lowest BCUT2D eigenvalue weighted by Gasteiger charge is -2.20. The number of pyridine rings is 1. The summed E-state index contributed by atoms with van der Waals surface area (Å²) in [6.07, 6.45) is 3.80. The molecule has 0 saturated heterocycles. The van der Waals surface area contributed by atoms with Crippen molar-refractivity contribution in [3.05, 3.63) is 64.4 Å². The van der Waals surface area contributed by atoms with Crippen LogP contribution in [0.4, 0.5) is 0 Å². The number of hydrogen-bond acceptors (Lipinski definition) is 2. The fourth-order valence-corrected chi connectivity index (χ4v) is 2.55. The van der Waals surface area contributed by atoms with E-state index < -0.39 is 0 Å². The Labute approximate surface area is 126 Å². The Hall–Kier alpha value is -1.38. The van der Waals surface area contributed by atoms with E-state index in [-0.39, 0.29) is 6.04 Å². The van der Waals surface area contributed by atoms with Crippen LogP contribution in [0.2, 0.25) is 5.02 Å². The molecule has 0 aliphatic carbocycles. The fourth-order valence-electron chi connectivity index (χ4n) is 2.30. The standard InChI is InChI=1S/C17H21ClN2/c1-3-10-19-16(17-15(18)9-6-11-20-17)12-14-8-5-4-7-13(14)2/h4-9,11,16,19H,3,10,12H2,1-2H3. The molecule has 0 saturated carbocycles. The predicted molar refractivity (Wildman–Crippen MR) is 85.2 cm³/mol. The molecular weight excluding hydrogens is 268 g/mol. The first-order valence-corrected chi connectivity index (χ1v) is 7.48. The molecule has 0 amide bonds. The van der Waals surface area contributed by atoms with Crippen molar-refractivity contribution in [2.45, 2.75) is 32.7 Å². The fraction of sp³-hybridized carbons (Fsp3) is 0.353. The molecule has 20 heavy (non-hydrogen) atoms. The zero-order valence-corrected chi connectivity index (χ0v) is 12.8. The molecule has 0 bridgehead atoms. The zero-order chi connectivity index (χ0) is 14.4. The quantitative estimate of drug-likeness (QED) is 0.856. The number of aromatic nitrogens is 1. The van der Waals surface area contributed by atoms with E-state index in [1.54, 1.807) is 6.20 Å². The van der Waals surface area contributed by atoms with Gasteiger partial charge in [-0.15, -0.1) is 0 Å². The monoisotopic (exact) mass is 288 g/mol. The van der Waals surface area contributed by atoms with E-state index in [2.05, 4.69) is 48.4 Å². The first kappa shape index (κ1) is 15.0. The van der Waals surface area contributed by atoms with E-state index in [0.29, 0.717) is 0 Å². The van der Waals surface area contributed by atoms with Crippen molar-refractivity contribution in [3.63, 3.8) is 0 Å². The van der Waals surface area contributed by atoms with Crippen molar-refractivity contribution < 1.29 is 0 Å². The van der Waals surface area contributed by atoms with Crippen LogP contribution in [0, 0.1) is 6.92 Å². The molecule has 1 aromatic carbocycles. The highest BCUT2D eigenvalue weighted by Crippen LogP contribution is 2.24. The lowest BCUT2D eigenvalue weighted by Crippen LogP contribution is -2.25. The van der Waals surface area contributed by atoms with Gasteiger partial charge in [-0.3, -0.25) is 4.98 Å². The molecule has 0 aliphatic heterocycles. The number of benzene rings is 1. The summed E-state index contributed by atoms with van der Waals surface area (Å²) in [7, 11) is 0. The van der Waals surface area contributed by atoms with Gasteiger partial charge in [-0.1, -0.05) is 42.8 Å². The molecule has 1 heterocycles. The molecule has 0 spiro atoms. The Bertz CT molecular complexity index is 554. The Balaban J connectivity index is 2.24. The molecule has 2 aromatic rings. The molecule has 2 rings (SSSR count). The van der Waals surface area contributed by atoms with Gasteiger partial charge in [-0.05, 0) is 49.6 Å². The molecule has 0 radical (unpaired) electrons. The number of halogens is 1. The summed E-state index contributed by atoms with van der Waals surface area (Å²) in [5.41, 5.74) is 3.58. The molecule has 1 aromatic heterocycles. The number of nitrogens with zero attached hydrogens (tertiary/aromatic N) is 1. The van der Waals surface area contributed by atoms with Crippen LogP contribution in [0.5, 0.6) is 0 Å². The highest BCUT2D eigenvalue weighted by molar-refractivity contribution is 6.31. The van der Waals surface area contributed by atoms with E-state index in [1.165, 1.54) is 11.1 Å². The van der Waals surface area contributed by atoms with E-state index in [9.17, 15) is 0 Å². The second-order valence-corrected chi connectivity index (χ2v) is 5.41. The summed E-state index contributed by atoms with van der Waals surface area (Å²) in [5, 5.41) is 4.29. The highest BCUT2D eigenvalue weighted by Gasteiger charge is 2.16. The van der Waals surface area contributed by atoms with Crippen LogP contribution in [-0.4, -0.2) is 11.5 Å². The summed E-state index contributed by atoms with van der Waals surface area (Å²) in [6.45, 7) is 5.27. The van der Waals surface area contributed by atoms with E-state index in [4.69, 9.17) is 11.6 Å². The second-order valence-electron chi connectivity index (χ2n) is 5.01. The largest absolute Gasteiger partial charge is 0.308 e. The van der Waals surface area contributed by atoms with Gasteiger partial charge in [0, 0.05) is 6.20 Å². The SMILES string of the molecule is CCCNC(Cc1ccccc1C)c1ncccc1Cl. The summed E-state index contributed by atoms with van der Waals surface area (Å²) >= 11 is 6.30. The van der Waals surface area contributed by atoms with Crippen LogP contribution < -0.4 is 5.32 Å². The zero-order valence-electron chi connectivity index (χ0n) is 12.1. The minimum absolute atomic E-state index is 0.157. The molecule has 1 atom stereocenters. The van der Waals surface area contributed by atoms with Gasteiger partial charge in [-0.2, -0.15) is 0 Å². The third-order valence-electron chi connectivity index (χ3n) is 3.44. The number of rotatable bonds is 6. The maximum Gasteiger partial charge on any atom is 0.0762 e. The van der Waals surface area contributed by atoms with Gasteiger partial charge in [-0.25, -0.2) is 0 Å². The summed E-state index contributed by atoms with van der Waals surface area (Å²) in [4.78, 5) is 4.46. The average molecular weight is 289 g/mol. The summed E-state index contributed by atoms with van der Waals surface area (Å²) in [5.74, 6) is 0. The molecular formula is C17H21ClN2. The Morgan fingerprint density at radius 2 is 2.00 bits per heavy atom. The first-order chi connectivity index (χ1) is 9.72. The Morgan fingerprint density at radius 3 is 2.70 bits per heavy atom. The van der Waals surface area contributed by atoms with Crippen LogP contribution in [0.15, 0.2) is 42.6 Å². The smallest absolute Gasteiger partial charge is 0.0762 e. The van der Waals surface area contributed by atoms with Crippen molar-refractivity contribution in [1.82, 2.24) is 10.3 Å². The van der Waals surface area contributed by atoms with Gasteiger partial charge in [0.05, 0.1) is 16.8 Å². The number of aryl methyl sites for hydroxylation is 1. The Morgan fingerprint density at radius 1 is 1.20 bits per heavy atom. The molecule has 0 fully saturated rings. The van der Waals surface area contributed by atoms with Gasteiger partial charge in [0.25, 0.3) is 0 Å². The molecule has 2 nitrogen and oxygen atoms in total. The van der Waals surface area contributed by atoms with Crippen LogP contribution in [0.3, 0.4) is 0 Å². The van der Waals surface area contributed by atoms with Crippen molar-refractivity contribution in [2.75, 3.05) is 6.54 Å². The van der Waals surface area contributed by atoms with Crippen LogP contribution >= 0.6 is 11.6 Å². The molecule has 1 unspecified atom stereocenters. The van der Waals surface area contributed by atoms with Gasteiger partial charge < -0.3 is 5.32 Å². The topological polar surface area (TPSA) is 24.9 Å². The molecule has 106 valence electrons. The third kappa shape index (κ3) is 3.81. The minimum atomic E-state index is 0.157. The van der Waals surface area contributed by atoms with Crippen LogP contribution in [0.1, 0.15) is 36.2 Å². The van der Waals surface area contributed by atoms with E-state index in [0.717, 1.165) is 30.1 Å². The minimum Gasteiger partial charge on any atom is -0.308 e. The average Bonchev–Trinajstić information content (AvgIpc) is 2.46. The third-order valence-corrected chi connectivity index (χ3v) is 3.76. The van der Waals surface area contributed by atoms with Gasteiger partial charge in [0.2, 0.25) is 0 Å². The maximum atomic E-state index is 6.30. The summed E-state index contributed by atoms with van der Waals surface area (Å²) < 4.78 is 0. The molecule has 3 heteroatoms.